The average molecular weight is 437 g/mol. The topological polar surface area (TPSA) is 59.6 Å². The highest BCUT2D eigenvalue weighted by Gasteiger charge is 2.14. The van der Waals surface area contributed by atoms with Crippen molar-refractivity contribution < 1.29 is 14.3 Å². The molecule has 2 aromatic carbocycles. The van der Waals surface area contributed by atoms with Crippen LogP contribution in [0.4, 0.5) is 0 Å². The number of carbonyl (C=O) groups excluding carboxylic acids is 1. The van der Waals surface area contributed by atoms with Gasteiger partial charge in [0, 0.05) is 23.2 Å². The van der Waals surface area contributed by atoms with Crippen LogP contribution < -0.4 is 20.1 Å². The molecule has 2 atom stereocenters. The zero-order valence-corrected chi connectivity index (χ0v) is 19.0. The monoisotopic (exact) mass is 436 g/mol. The van der Waals surface area contributed by atoms with E-state index < -0.39 is 0 Å². The number of ketones is 1. The van der Waals surface area contributed by atoms with Crippen LogP contribution in [-0.4, -0.2) is 44.2 Å². The number of hydrogen-bond donors (Lipinski definition) is 2. The van der Waals surface area contributed by atoms with Crippen molar-refractivity contribution in [2.75, 3.05) is 26.3 Å². The summed E-state index contributed by atoms with van der Waals surface area (Å²) in [4.78, 5) is 12.8. The van der Waals surface area contributed by atoms with E-state index in [0.29, 0.717) is 36.4 Å². The molecule has 0 amide bonds. The second-order valence-corrected chi connectivity index (χ2v) is 8.95. The van der Waals surface area contributed by atoms with Gasteiger partial charge in [-0.2, -0.15) is 0 Å². The van der Waals surface area contributed by atoms with Gasteiger partial charge in [0.25, 0.3) is 0 Å². The number of benzene rings is 2. The maximum atomic E-state index is 12.8. The molecule has 2 aromatic rings. The average Bonchev–Trinajstić information content (AvgIpc) is 2.86. The first-order chi connectivity index (χ1) is 15.8. The Morgan fingerprint density at radius 2 is 1.12 bits per heavy atom. The van der Waals surface area contributed by atoms with Crippen molar-refractivity contribution in [1.29, 1.82) is 0 Å². The van der Waals surface area contributed by atoms with Crippen LogP contribution in [0.1, 0.15) is 67.3 Å². The Balaban J connectivity index is 1.21. The number of hydrogen-bond acceptors (Lipinski definition) is 5. The van der Waals surface area contributed by atoms with Crippen molar-refractivity contribution in [3.8, 4) is 11.5 Å². The Labute approximate surface area is 191 Å². The van der Waals surface area contributed by atoms with Gasteiger partial charge in [-0.25, -0.2) is 0 Å². The molecule has 0 spiro atoms. The van der Waals surface area contributed by atoms with Crippen molar-refractivity contribution in [1.82, 2.24) is 10.6 Å². The minimum atomic E-state index is 0.0147. The van der Waals surface area contributed by atoms with E-state index in [0.717, 1.165) is 37.4 Å². The van der Waals surface area contributed by atoms with Gasteiger partial charge in [-0.3, -0.25) is 4.79 Å². The van der Waals surface area contributed by atoms with Crippen molar-refractivity contribution in [3.63, 3.8) is 0 Å². The maximum Gasteiger partial charge on any atom is 0.193 e. The summed E-state index contributed by atoms with van der Waals surface area (Å²) in [6, 6.07) is 16.1. The lowest BCUT2D eigenvalue weighted by Crippen LogP contribution is -2.35. The fourth-order valence-electron chi connectivity index (χ4n) is 4.55. The predicted octanol–water partition coefficient (Wildman–Crippen LogP) is 4.74. The van der Waals surface area contributed by atoms with Crippen LogP contribution in [0.3, 0.4) is 0 Å². The predicted molar refractivity (Wildman–Crippen MR) is 128 cm³/mol. The molecule has 2 N–H and O–H groups in total. The quantitative estimate of drug-likeness (QED) is 0.527. The van der Waals surface area contributed by atoms with Crippen LogP contribution in [-0.2, 0) is 0 Å². The van der Waals surface area contributed by atoms with Gasteiger partial charge in [-0.05, 0) is 100 Å². The fraction of sp³-hybridized carbons (Fsp3) is 0.519. The Morgan fingerprint density at radius 3 is 1.50 bits per heavy atom. The molecule has 2 aliphatic heterocycles. The summed E-state index contributed by atoms with van der Waals surface area (Å²) < 4.78 is 11.7. The van der Waals surface area contributed by atoms with Crippen molar-refractivity contribution in [2.45, 2.75) is 63.5 Å². The van der Waals surface area contributed by atoms with Gasteiger partial charge in [-0.1, -0.05) is 12.8 Å². The van der Waals surface area contributed by atoms with E-state index in [1.54, 1.807) is 0 Å². The molecule has 0 radical (unpaired) electrons. The van der Waals surface area contributed by atoms with Crippen LogP contribution in [0.15, 0.2) is 48.5 Å². The molecule has 0 aromatic heterocycles. The molecule has 0 aliphatic carbocycles. The summed E-state index contributed by atoms with van der Waals surface area (Å²) in [7, 11) is 0. The van der Waals surface area contributed by atoms with E-state index in [1.165, 1.54) is 38.5 Å². The number of ether oxygens (including phenoxy) is 2. The molecular weight excluding hydrogens is 400 g/mol. The van der Waals surface area contributed by atoms with E-state index >= 15 is 0 Å². The summed E-state index contributed by atoms with van der Waals surface area (Å²) in [5.74, 6) is 1.64. The lowest BCUT2D eigenvalue weighted by atomic mass is 10.0. The van der Waals surface area contributed by atoms with Gasteiger partial charge in [0.05, 0.1) is 13.2 Å². The Bertz CT molecular complexity index is 753. The molecule has 172 valence electrons. The molecule has 5 heteroatoms. The van der Waals surface area contributed by atoms with Crippen LogP contribution in [0.2, 0.25) is 0 Å². The normalized spacial score (nSPS) is 21.1. The highest BCUT2D eigenvalue weighted by atomic mass is 16.5. The van der Waals surface area contributed by atoms with Crippen molar-refractivity contribution in [3.05, 3.63) is 59.7 Å². The standard InChI is InChI=1S/C27H36N2O3/c30-27(21-7-11-25(12-8-21)31-19-15-23-5-1-3-17-28-23)22-9-13-26(14-10-22)32-20-16-24-6-2-4-18-29-24/h7-14,23-24,28-29H,1-6,15-20H2. The first kappa shape index (κ1) is 22.8. The molecule has 2 unspecified atom stereocenters. The highest BCUT2D eigenvalue weighted by molar-refractivity contribution is 6.09. The zero-order valence-electron chi connectivity index (χ0n) is 19.0. The molecule has 4 rings (SSSR count). The molecule has 2 fully saturated rings. The maximum absolute atomic E-state index is 12.8. The number of carbonyl (C=O) groups is 1. The second-order valence-electron chi connectivity index (χ2n) is 8.95. The van der Waals surface area contributed by atoms with E-state index in [1.807, 2.05) is 48.5 Å². The first-order valence-electron chi connectivity index (χ1n) is 12.2. The summed E-state index contributed by atoms with van der Waals surface area (Å²) in [6.07, 6.45) is 9.68. The van der Waals surface area contributed by atoms with E-state index in [9.17, 15) is 4.79 Å². The Hall–Kier alpha value is -2.37. The zero-order chi connectivity index (χ0) is 22.0. The molecule has 32 heavy (non-hydrogen) atoms. The van der Waals surface area contributed by atoms with Crippen molar-refractivity contribution in [2.24, 2.45) is 0 Å². The minimum Gasteiger partial charge on any atom is -0.494 e. The lowest BCUT2D eigenvalue weighted by Gasteiger charge is -2.23. The smallest absolute Gasteiger partial charge is 0.193 e. The first-order valence-corrected chi connectivity index (χ1v) is 12.2. The van der Waals surface area contributed by atoms with Gasteiger partial charge in [-0.15, -0.1) is 0 Å². The lowest BCUT2D eigenvalue weighted by molar-refractivity contribution is 0.103. The summed E-state index contributed by atoms with van der Waals surface area (Å²) in [5, 5.41) is 7.08. The molecule has 2 heterocycles. The summed E-state index contributed by atoms with van der Waals surface area (Å²) in [6.45, 7) is 3.63. The minimum absolute atomic E-state index is 0.0147. The van der Waals surface area contributed by atoms with Gasteiger partial charge in [0.15, 0.2) is 5.78 Å². The third kappa shape index (κ3) is 6.81. The van der Waals surface area contributed by atoms with E-state index in [2.05, 4.69) is 10.6 Å². The Kier molecular flexibility index (Phi) is 8.57. The SMILES string of the molecule is O=C(c1ccc(OCCC2CCCCN2)cc1)c1ccc(OCCC2CCCCN2)cc1. The van der Waals surface area contributed by atoms with Crippen molar-refractivity contribution >= 4 is 5.78 Å². The van der Waals surface area contributed by atoms with Crippen LogP contribution in [0.5, 0.6) is 11.5 Å². The van der Waals surface area contributed by atoms with Gasteiger partial charge in [0.1, 0.15) is 11.5 Å². The molecule has 0 saturated carbocycles. The van der Waals surface area contributed by atoms with E-state index in [-0.39, 0.29) is 5.78 Å². The molecular formula is C27H36N2O3. The van der Waals surface area contributed by atoms with Crippen LogP contribution in [0.25, 0.3) is 0 Å². The largest absolute Gasteiger partial charge is 0.494 e. The van der Waals surface area contributed by atoms with Gasteiger partial charge in [0.2, 0.25) is 0 Å². The molecule has 2 aliphatic rings. The van der Waals surface area contributed by atoms with E-state index in [4.69, 9.17) is 9.47 Å². The van der Waals surface area contributed by atoms with Gasteiger partial charge < -0.3 is 20.1 Å². The molecule has 0 bridgehead atoms. The van der Waals surface area contributed by atoms with Crippen LogP contribution in [0, 0.1) is 0 Å². The van der Waals surface area contributed by atoms with Gasteiger partial charge >= 0.3 is 0 Å². The number of rotatable bonds is 10. The third-order valence-electron chi connectivity index (χ3n) is 6.53. The number of piperidine rings is 2. The number of nitrogens with one attached hydrogen (secondary N) is 2. The highest BCUT2D eigenvalue weighted by Crippen LogP contribution is 2.19. The molecule has 5 nitrogen and oxygen atoms in total. The second kappa shape index (κ2) is 12.0. The van der Waals surface area contributed by atoms with Crippen LogP contribution >= 0.6 is 0 Å². The fourth-order valence-corrected chi connectivity index (χ4v) is 4.55. The summed E-state index contributed by atoms with van der Waals surface area (Å²) >= 11 is 0. The third-order valence-corrected chi connectivity index (χ3v) is 6.53. The molecule has 2 saturated heterocycles. The summed E-state index contributed by atoms with van der Waals surface area (Å²) in [5.41, 5.74) is 1.34. The Morgan fingerprint density at radius 1 is 0.688 bits per heavy atom.